The number of carbonyl (C=O) groups is 1. The molecule has 0 fully saturated rings. The minimum Gasteiger partial charge on any atom is -0.494 e. The lowest BCUT2D eigenvalue weighted by molar-refractivity contribution is 0.102. The Labute approximate surface area is 159 Å². The Morgan fingerprint density at radius 1 is 1.07 bits per heavy atom. The minimum absolute atomic E-state index is 0.195. The fourth-order valence-corrected chi connectivity index (χ4v) is 2.91. The van der Waals surface area contributed by atoms with E-state index in [2.05, 4.69) is 10.3 Å². The van der Waals surface area contributed by atoms with Crippen LogP contribution in [-0.2, 0) is 11.3 Å². The van der Waals surface area contributed by atoms with Gasteiger partial charge in [0.25, 0.3) is 5.91 Å². The van der Waals surface area contributed by atoms with Crippen LogP contribution in [0.25, 0.3) is 11.0 Å². The number of ether oxygens (including phenoxy) is 2. The summed E-state index contributed by atoms with van der Waals surface area (Å²) in [4.78, 5) is 17.2. The first kappa shape index (κ1) is 18.9. The van der Waals surface area contributed by atoms with Gasteiger partial charge in [-0.1, -0.05) is 12.1 Å². The predicted octanol–water partition coefficient (Wildman–Crippen LogP) is 4.11. The molecule has 6 heteroatoms. The fraction of sp³-hybridized carbons (Fsp3) is 0.333. The maximum absolute atomic E-state index is 12.7. The summed E-state index contributed by atoms with van der Waals surface area (Å²) < 4.78 is 12.9. The summed E-state index contributed by atoms with van der Waals surface area (Å²) in [5, 5.41) is 2.94. The monoisotopic (exact) mass is 367 g/mol. The third-order valence-electron chi connectivity index (χ3n) is 4.18. The maximum atomic E-state index is 12.7. The number of nitrogens with zero attached hydrogens (tertiary/aromatic N) is 2. The van der Waals surface area contributed by atoms with E-state index in [-0.39, 0.29) is 5.91 Å². The lowest BCUT2D eigenvalue weighted by Crippen LogP contribution is -2.16. The SMILES string of the molecule is CCOCCCn1c(NC(=O)c2ccc(OCC)cc2)nc2ccccc21. The molecule has 142 valence electrons. The molecule has 1 aromatic heterocycles. The predicted molar refractivity (Wildman–Crippen MR) is 106 cm³/mol. The lowest BCUT2D eigenvalue weighted by atomic mass is 10.2. The molecule has 0 atom stereocenters. The Hall–Kier alpha value is -2.86. The van der Waals surface area contributed by atoms with E-state index < -0.39 is 0 Å². The molecule has 1 N–H and O–H groups in total. The third-order valence-corrected chi connectivity index (χ3v) is 4.18. The van der Waals surface area contributed by atoms with Crippen LogP contribution in [0.15, 0.2) is 48.5 Å². The van der Waals surface area contributed by atoms with Gasteiger partial charge in [0.2, 0.25) is 5.95 Å². The van der Waals surface area contributed by atoms with Gasteiger partial charge in [-0.15, -0.1) is 0 Å². The number of nitrogens with one attached hydrogen (secondary N) is 1. The Morgan fingerprint density at radius 2 is 1.85 bits per heavy atom. The molecule has 0 unspecified atom stereocenters. The molecule has 0 aliphatic rings. The van der Waals surface area contributed by atoms with Crippen LogP contribution in [-0.4, -0.2) is 35.3 Å². The minimum atomic E-state index is -0.195. The molecule has 6 nitrogen and oxygen atoms in total. The summed E-state index contributed by atoms with van der Waals surface area (Å²) in [5.41, 5.74) is 2.42. The topological polar surface area (TPSA) is 65.4 Å². The van der Waals surface area contributed by atoms with E-state index in [9.17, 15) is 4.79 Å². The van der Waals surface area contributed by atoms with Crippen molar-refractivity contribution in [3.63, 3.8) is 0 Å². The first-order chi connectivity index (χ1) is 13.2. The summed E-state index contributed by atoms with van der Waals surface area (Å²) in [5.74, 6) is 1.10. The van der Waals surface area contributed by atoms with Crippen molar-refractivity contribution in [3.8, 4) is 5.75 Å². The number of amides is 1. The van der Waals surface area contributed by atoms with E-state index in [1.807, 2.05) is 42.7 Å². The molecule has 1 heterocycles. The van der Waals surface area contributed by atoms with E-state index >= 15 is 0 Å². The van der Waals surface area contributed by atoms with E-state index in [1.54, 1.807) is 24.3 Å². The van der Waals surface area contributed by atoms with Gasteiger partial charge in [-0.3, -0.25) is 10.1 Å². The van der Waals surface area contributed by atoms with Crippen molar-refractivity contribution in [2.45, 2.75) is 26.8 Å². The van der Waals surface area contributed by atoms with Crippen LogP contribution >= 0.6 is 0 Å². The first-order valence-corrected chi connectivity index (χ1v) is 9.30. The van der Waals surface area contributed by atoms with E-state index in [0.717, 1.165) is 29.7 Å². The van der Waals surface area contributed by atoms with Gasteiger partial charge in [-0.2, -0.15) is 0 Å². The number of carbonyl (C=O) groups excluding carboxylic acids is 1. The summed E-state index contributed by atoms with van der Waals surface area (Å²) in [6.07, 6.45) is 0.847. The normalized spacial score (nSPS) is 10.9. The Balaban J connectivity index is 1.79. The van der Waals surface area contributed by atoms with Crippen LogP contribution in [0.5, 0.6) is 5.75 Å². The number of rotatable bonds is 9. The second kappa shape index (κ2) is 9.19. The fourth-order valence-electron chi connectivity index (χ4n) is 2.91. The van der Waals surface area contributed by atoms with Gasteiger partial charge in [-0.25, -0.2) is 4.98 Å². The van der Waals surface area contributed by atoms with Crippen LogP contribution in [0.3, 0.4) is 0 Å². The van der Waals surface area contributed by atoms with Crippen LogP contribution in [0, 0.1) is 0 Å². The van der Waals surface area contributed by atoms with Crippen molar-refractivity contribution in [2.75, 3.05) is 25.1 Å². The average molecular weight is 367 g/mol. The molecular weight excluding hydrogens is 342 g/mol. The third kappa shape index (κ3) is 4.65. The highest BCUT2D eigenvalue weighted by Gasteiger charge is 2.14. The number of hydrogen-bond acceptors (Lipinski definition) is 4. The van der Waals surface area contributed by atoms with Gasteiger partial charge < -0.3 is 14.0 Å². The van der Waals surface area contributed by atoms with E-state index in [4.69, 9.17) is 9.47 Å². The first-order valence-electron chi connectivity index (χ1n) is 9.30. The molecule has 0 radical (unpaired) electrons. The highest BCUT2D eigenvalue weighted by atomic mass is 16.5. The van der Waals surface area contributed by atoms with Gasteiger partial charge in [0, 0.05) is 25.3 Å². The van der Waals surface area contributed by atoms with Crippen molar-refractivity contribution in [1.82, 2.24) is 9.55 Å². The molecule has 0 spiro atoms. The quantitative estimate of drug-likeness (QED) is 0.578. The summed E-state index contributed by atoms with van der Waals surface area (Å²) in [6, 6.07) is 15.0. The molecule has 0 bridgehead atoms. The van der Waals surface area contributed by atoms with E-state index in [1.165, 1.54) is 0 Å². The number of anilines is 1. The Bertz CT molecular complexity index is 887. The van der Waals surface area contributed by atoms with Gasteiger partial charge in [0.1, 0.15) is 5.75 Å². The summed E-state index contributed by atoms with van der Waals surface area (Å²) in [7, 11) is 0. The average Bonchev–Trinajstić information content (AvgIpc) is 3.03. The molecule has 27 heavy (non-hydrogen) atoms. The van der Waals surface area contributed by atoms with Crippen LogP contribution in [0.2, 0.25) is 0 Å². The van der Waals surface area contributed by atoms with Crippen molar-refractivity contribution in [3.05, 3.63) is 54.1 Å². The zero-order valence-corrected chi connectivity index (χ0v) is 15.8. The Morgan fingerprint density at radius 3 is 2.59 bits per heavy atom. The van der Waals surface area contributed by atoms with Gasteiger partial charge in [-0.05, 0) is 56.7 Å². The zero-order valence-electron chi connectivity index (χ0n) is 15.8. The number of para-hydroxylation sites is 2. The molecule has 0 saturated carbocycles. The lowest BCUT2D eigenvalue weighted by Gasteiger charge is -2.10. The largest absolute Gasteiger partial charge is 0.494 e. The number of benzene rings is 2. The molecule has 2 aromatic carbocycles. The van der Waals surface area contributed by atoms with Crippen molar-refractivity contribution >= 4 is 22.9 Å². The number of fused-ring (bicyclic) bond motifs is 1. The number of imidazole rings is 1. The second-order valence-corrected chi connectivity index (χ2v) is 6.04. The highest BCUT2D eigenvalue weighted by Crippen LogP contribution is 2.21. The standard InChI is InChI=1S/C21H25N3O3/c1-3-26-15-7-14-24-19-9-6-5-8-18(19)22-21(24)23-20(25)16-10-12-17(13-11-16)27-4-2/h5-6,8-13H,3-4,7,14-15H2,1-2H3,(H,22,23,25). The number of hydrogen-bond donors (Lipinski definition) is 1. The van der Waals surface area contributed by atoms with Crippen LogP contribution in [0.1, 0.15) is 30.6 Å². The maximum Gasteiger partial charge on any atom is 0.257 e. The summed E-state index contributed by atoms with van der Waals surface area (Å²) in [6.45, 7) is 6.60. The van der Waals surface area contributed by atoms with E-state index in [0.29, 0.717) is 31.3 Å². The zero-order chi connectivity index (χ0) is 19.1. The molecular formula is C21H25N3O3. The van der Waals surface area contributed by atoms with Gasteiger partial charge >= 0.3 is 0 Å². The number of aromatic nitrogens is 2. The van der Waals surface area contributed by atoms with Crippen LogP contribution < -0.4 is 10.1 Å². The molecule has 0 saturated heterocycles. The summed E-state index contributed by atoms with van der Waals surface area (Å²) >= 11 is 0. The highest BCUT2D eigenvalue weighted by molar-refractivity contribution is 6.04. The Kier molecular flexibility index (Phi) is 6.44. The second-order valence-electron chi connectivity index (χ2n) is 6.04. The molecule has 3 aromatic rings. The molecule has 0 aliphatic carbocycles. The smallest absolute Gasteiger partial charge is 0.257 e. The molecule has 1 amide bonds. The van der Waals surface area contributed by atoms with Crippen molar-refractivity contribution in [2.24, 2.45) is 0 Å². The van der Waals surface area contributed by atoms with Gasteiger partial charge in [0.15, 0.2) is 0 Å². The van der Waals surface area contributed by atoms with Gasteiger partial charge in [0.05, 0.1) is 17.6 Å². The van der Waals surface area contributed by atoms with Crippen molar-refractivity contribution < 1.29 is 14.3 Å². The number of aryl methyl sites for hydroxylation is 1. The van der Waals surface area contributed by atoms with Crippen LogP contribution in [0.4, 0.5) is 5.95 Å². The van der Waals surface area contributed by atoms with Crippen molar-refractivity contribution in [1.29, 1.82) is 0 Å². The molecule has 0 aliphatic heterocycles. The molecule has 3 rings (SSSR count).